The molecule has 0 unspecified atom stereocenters. The van der Waals surface area contributed by atoms with Crippen LogP contribution in [0.1, 0.15) is 16.2 Å². The summed E-state index contributed by atoms with van der Waals surface area (Å²) in [7, 11) is 0. The van der Waals surface area contributed by atoms with E-state index in [0.29, 0.717) is 5.82 Å². The van der Waals surface area contributed by atoms with Crippen LogP contribution in [-0.4, -0.2) is 21.0 Å². The van der Waals surface area contributed by atoms with Crippen LogP contribution in [-0.2, 0) is 6.54 Å². The molecule has 0 bridgehead atoms. The van der Waals surface area contributed by atoms with E-state index >= 15 is 0 Å². The van der Waals surface area contributed by atoms with Crippen LogP contribution in [0.3, 0.4) is 0 Å². The molecule has 0 spiro atoms. The number of aromatic nitrogens is 3. The van der Waals surface area contributed by atoms with E-state index in [1.54, 1.807) is 24.5 Å². The zero-order chi connectivity index (χ0) is 17.1. The van der Waals surface area contributed by atoms with Crippen molar-refractivity contribution in [3.8, 4) is 11.4 Å². The highest BCUT2D eigenvalue weighted by molar-refractivity contribution is 6.36. The van der Waals surface area contributed by atoms with Gasteiger partial charge in [0.2, 0.25) is 11.7 Å². The number of benzene rings is 1. The zero-order valence-electron chi connectivity index (χ0n) is 12.0. The van der Waals surface area contributed by atoms with Gasteiger partial charge in [-0.05, 0) is 24.3 Å². The van der Waals surface area contributed by atoms with Crippen molar-refractivity contribution in [1.29, 1.82) is 0 Å². The molecule has 0 saturated heterocycles. The van der Waals surface area contributed by atoms with Crippen LogP contribution in [0.4, 0.5) is 4.39 Å². The van der Waals surface area contributed by atoms with Crippen LogP contribution in [0.15, 0.2) is 41.2 Å². The number of rotatable bonds is 4. The first-order valence-electron chi connectivity index (χ1n) is 6.70. The van der Waals surface area contributed by atoms with E-state index in [1.807, 2.05) is 0 Å². The topological polar surface area (TPSA) is 80.9 Å². The molecule has 24 heavy (non-hydrogen) atoms. The second-order valence-corrected chi connectivity index (χ2v) is 5.49. The Morgan fingerprint density at radius 1 is 1.21 bits per heavy atom. The average molecular weight is 367 g/mol. The molecule has 2 aromatic heterocycles. The fourth-order valence-electron chi connectivity index (χ4n) is 1.89. The first-order valence-corrected chi connectivity index (χ1v) is 7.46. The average Bonchev–Trinajstić information content (AvgIpc) is 3.06. The Morgan fingerprint density at radius 3 is 2.71 bits per heavy atom. The van der Waals surface area contributed by atoms with Gasteiger partial charge in [-0.25, -0.2) is 4.39 Å². The van der Waals surface area contributed by atoms with Crippen LogP contribution >= 0.6 is 23.2 Å². The number of hydrogen-bond acceptors (Lipinski definition) is 5. The van der Waals surface area contributed by atoms with Gasteiger partial charge in [-0.2, -0.15) is 4.98 Å². The second kappa shape index (κ2) is 6.94. The van der Waals surface area contributed by atoms with Gasteiger partial charge in [0, 0.05) is 18.0 Å². The maximum atomic E-state index is 13.5. The summed E-state index contributed by atoms with van der Waals surface area (Å²) in [6, 6.07) is 5.59. The lowest BCUT2D eigenvalue weighted by molar-refractivity contribution is 0.0946. The van der Waals surface area contributed by atoms with E-state index in [-0.39, 0.29) is 28.0 Å². The Hall–Kier alpha value is -2.51. The normalized spacial score (nSPS) is 10.6. The smallest absolute Gasteiger partial charge is 0.253 e. The predicted octanol–water partition coefficient (Wildman–Crippen LogP) is 3.51. The lowest BCUT2D eigenvalue weighted by Gasteiger charge is -2.05. The Labute approximate surface area is 145 Å². The van der Waals surface area contributed by atoms with Gasteiger partial charge in [0.1, 0.15) is 5.82 Å². The molecular formula is C15H9Cl2FN4O2. The summed E-state index contributed by atoms with van der Waals surface area (Å²) in [5, 5.41) is 6.22. The van der Waals surface area contributed by atoms with Gasteiger partial charge in [-0.15, -0.1) is 0 Å². The molecule has 3 aromatic rings. The number of amides is 1. The molecule has 2 heterocycles. The largest absolute Gasteiger partial charge is 0.343 e. The van der Waals surface area contributed by atoms with Crippen LogP contribution in [0.25, 0.3) is 11.4 Å². The van der Waals surface area contributed by atoms with Crippen LogP contribution in [0.5, 0.6) is 0 Å². The number of pyridine rings is 1. The minimum Gasteiger partial charge on any atom is -0.343 e. The fraction of sp³-hybridized carbons (Fsp3) is 0.0667. The van der Waals surface area contributed by atoms with Crippen molar-refractivity contribution in [3.63, 3.8) is 0 Å². The van der Waals surface area contributed by atoms with Gasteiger partial charge in [0.25, 0.3) is 5.91 Å². The van der Waals surface area contributed by atoms with Crippen LogP contribution in [0, 0.1) is 5.82 Å². The number of hydrogen-bond donors (Lipinski definition) is 1. The van der Waals surface area contributed by atoms with Gasteiger partial charge < -0.3 is 9.84 Å². The number of carbonyl (C=O) groups excluding carboxylic acids is 1. The highest BCUT2D eigenvalue weighted by Crippen LogP contribution is 2.24. The van der Waals surface area contributed by atoms with Gasteiger partial charge in [0.05, 0.1) is 22.2 Å². The van der Waals surface area contributed by atoms with Crippen molar-refractivity contribution in [1.82, 2.24) is 20.4 Å². The third-order valence-corrected chi connectivity index (χ3v) is 3.66. The van der Waals surface area contributed by atoms with E-state index in [0.717, 1.165) is 11.6 Å². The maximum Gasteiger partial charge on any atom is 0.253 e. The first kappa shape index (κ1) is 16.4. The van der Waals surface area contributed by atoms with Crippen molar-refractivity contribution >= 4 is 29.1 Å². The predicted molar refractivity (Wildman–Crippen MR) is 85.1 cm³/mol. The quantitative estimate of drug-likeness (QED) is 0.714. The molecule has 0 aliphatic heterocycles. The molecule has 0 fully saturated rings. The molecule has 0 aliphatic carbocycles. The van der Waals surface area contributed by atoms with Gasteiger partial charge in [0.15, 0.2) is 0 Å². The summed E-state index contributed by atoms with van der Waals surface area (Å²) in [6.07, 6.45) is 3.20. The highest BCUT2D eigenvalue weighted by atomic mass is 35.5. The molecule has 3 rings (SSSR count). The molecule has 0 radical (unpaired) electrons. The Balaban J connectivity index is 1.69. The van der Waals surface area contributed by atoms with Crippen molar-refractivity contribution in [2.75, 3.05) is 0 Å². The standard InChI is InChI=1S/C15H9Cl2FN4O2/c16-10-6-11(17)12(18)5-9(10)15(23)20-7-13-21-14(22-24-13)8-1-3-19-4-2-8/h1-6H,7H2,(H,20,23). The fourth-order valence-corrected chi connectivity index (χ4v) is 2.36. The van der Waals surface area contributed by atoms with Crippen molar-refractivity contribution in [2.45, 2.75) is 6.54 Å². The minimum atomic E-state index is -0.732. The molecule has 0 atom stereocenters. The van der Waals surface area contributed by atoms with Crippen molar-refractivity contribution < 1.29 is 13.7 Å². The Morgan fingerprint density at radius 2 is 1.96 bits per heavy atom. The molecule has 0 saturated carbocycles. The number of carbonyl (C=O) groups is 1. The molecule has 6 nitrogen and oxygen atoms in total. The summed E-state index contributed by atoms with van der Waals surface area (Å²) in [4.78, 5) is 20.1. The second-order valence-electron chi connectivity index (χ2n) is 4.68. The summed E-state index contributed by atoms with van der Waals surface area (Å²) in [5.41, 5.74) is 0.696. The maximum absolute atomic E-state index is 13.5. The zero-order valence-corrected chi connectivity index (χ0v) is 13.5. The Bertz CT molecular complexity index is 886. The third kappa shape index (κ3) is 3.52. The van der Waals surface area contributed by atoms with E-state index in [4.69, 9.17) is 27.7 Å². The molecule has 0 aliphatic rings. The van der Waals surface area contributed by atoms with Gasteiger partial charge >= 0.3 is 0 Å². The summed E-state index contributed by atoms with van der Waals surface area (Å²) in [5.74, 6) is -0.749. The van der Waals surface area contributed by atoms with Gasteiger partial charge in [-0.3, -0.25) is 9.78 Å². The lowest BCUT2D eigenvalue weighted by Crippen LogP contribution is -2.23. The highest BCUT2D eigenvalue weighted by Gasteiger charge is 2.15. The van der Waals surface area contributed by atoms with Crippen LogP contribution in [0.2, 0.25) is 10.0 Å². The minimum absolute atomic E-state index is 0.0303. The Kier molecular flexibility index (Phi) is 4.73. The van der Waals surface area contributed by atoms with Crippen molar-refractivity contribution in [2.24, 2.45) is 0 Å². The SMILES string of the molecule is O=C(NCc1nc(-c2ccncc2)no1)c1cc(F)c(Cl)cc1Cl. The van der Waals surface area contributed by atoms with E-state index in [1.165, 1.54) is 6.07 Å². The third-order valence-electron chi connectivity index (χ3n) is 3.06. The molecule has 122 valence electrons. The van der Waals surface area contributed by atoms with Crippen molar-refractivity contribution in [3.05, 3.63) is 64.0 Å². The van der Waals surface area contributed by atoms with Gasteiger partial charge in [-0.1, -0.05) is 28.4 Å². The lowest BCUT2D eigenvalue weighted by atomic mass is 10.2. The number of nitrogens with zero attached hydrogens (tertiary/aromatic N) is 3. The first-order chi connectivity index (χ1) is 11.5. The van der Waals surface area contributed by atoms with E-state index < -0.39 is 11.7 Å². The molecule has 1 amide bonds. The summed E-state index contributed by atoms with van der Waals surface area (Å²) in [6.45, 7) is -0.0303. The molecule has 9 heteroatoms. The van der Waals surface area contributed by atoms with Crippen LogP contribution < -0.4 is 5.32 Å². The monoisotopic (exact) mass is 366 g/mol. The summed E-state index contributed by atoms with van der Waals surface area (Å²) < 4.78 is 18.5. The van der Waals surface area contributed by atoms with E-state index in [2.05, 4.69) is 20.4 Å². The molecule has 1 N–H and O–H groups in total. The molecule has 1 aromatic carbocycles. The number of nitrogens with one attached hydrogen (secondary N) is 1. The van der Waals surface area contributed by atoms with E-state index in [9.17, 15) is 9.18 Å². The summed E-state index contributed by atoms with van der Waals surface area (Å²) >= 11 is 11.5. The molecular weight excluding hydrogens is 358 g/mol. The number of halogens is 3.